The normalized spacial score (nSPS) is 15.3. The van der Waals surface area contributed by atoms with E-state index in [0.29, 0.717) is 6.42 Å². The fourth-order valence-electron chi connectivity index (χ4n) is 1.90. The van der Waals surface area contributed by atoms with Gasteiger partial charge in [0.25, 0.3) is 0 Å². The van der Waals surface area contributed by atoms with Crippen molar-refractivity contribution in [3.63, 3.8) is 0 Å². The van der Waals surface area contributed by atoms with Gasteiger partial charge in [-0.25, -0.2) is 0 Å². The Morgan fingerprint density at radius 3 is 2.00 bits per heavy atom. The third-order valence-corrected chi connectivity index (χ3v) is 8.85. The Balaban J connectivity index is 3.06. The highest BCUT2D eigenvalue weighted by Gasteiger charge is 2.50. The van der Waals surface area contributed by atoms with Gasteiger partial charge in [-0.3, -0.25) is 4.21 Å². The lowest BCUT2D eigenvalue weighted by Gasteiger charge is -2.31. The minimum Gasteiger partial charge on any atom is -0.376 e. The highest BCUT2D eigenvalue weighted by molar-refractivity contribution is 7.87. The fourth-order valence-corrected chi connectivity index (χ4v) is 7.06. The van der Waals surface area contributed by atoms with Gasteiger partial charge in [0.2, 0.25) is 0 Å². The predicted molar refractivity (Wildman–Crippen MR) is 73.7 cm³/mol. The molecule has 0 aromatic heterocycles. The maximum Gasteiger partial charge on any atom is 0.516 e. The van der Waals surface area contributed by atoms with Crippen LogP contribution >= 0.6 is 0 Å². The van der Waals surface area contributed by atoms with Crippen molar-refractivity contribution in [2.24, 2.45) is 0 Å². The van der Waals surface area contributed by atoms with Crippen LogP contribution in [0.3, 0.4) is 0 Å². The van der Waals surface area contributed by atoms with Gasteiger partial charge < -0.3 is 13.3 Å². The summed E-state index contributed by atoms with van der Waals surface area (Å²) in [5, 5.41) is 0. The summed E-state index contributed by atoms with van der Waals surface area (Å²) in [4.78, 5) is 0.507. The second-order valence-electron chi connectivity index (χ2n) is 3.72. The Morgan fingerprint density at radius 2 is 1.61 bits per heavy atom. The summed E-state index contributed by atoms with van der Waals surface area (Å²) in [6.45, 7) is 1.96. The molecule has 4 nitrogen and oxygen atoms in total. The SMILES string of the molecule is CCC(S(=O)c1ccccc1)[Si](OC)(OC)OC. The largest absolute Gasteiger partial charge is 0.516 e. The summed E-state index contributed by atoms with van der Waals surface area (Å²) in [6, 6.07) is 9.33. The van der Waals surface area contributed by atoms with Crippen LogP contribution in [-0.2, 0) is 24.1 Å². The molecule has 0 saturated heterocycles. The first-order valence-corrected chi connectivity index (χ1v) is 8.77. The van der Waals surface area contributed by atoms with Crippen LogP contribution in [0, 0.1) is 0 Å². The maximum absolute atomic E-state index is 12.6. The van der Waals surface area contributed by atoms with Crippen LogP contribution in [0.25, 0.3) is 0 Å². The second kappa shape index (κ2) is 7.15. The molecular formula is C12H20O4SSi. The summed E-state index contributed by atoms with van der Waals surface area (Å²) >= 11 is 0. The Hall–Kier alpha value is -0.533. The molecule has 0 aliphatic rings. The van der Waals surface area contributed by atoms with Crippen LogP contribution in [0.1, 0.15) is 13.3 Å². The van der Waals surface area contributed by atoms with Gasteiger partial charge in [-0.15, -0.1) is 0 Å². The molecule has 0 fully saturated rings. The monoisotopic (exact) mass is 288 g/mol. The van der Waals surface area contributed by atoms with Gasteiger partial charge >= 0.3 is 8.80 Å². The molecule has 0 bridgehead atoms. The maximum atomic E-state index is 12.6. The van der Waals surface area contributed by atoms with E-state index in [1.165, 1.54) is 0 Å². The molecule has 18 heavy (non-hydrogen) atoms. The zero-order valence-corrected chi connectivity index (χ0v) is 13.0. The van der Waals surface area contributed by atoms with Gasteiger partial charge in [0.05, 0.1) is 10.8 Å². The number of benzene rings is 1. The van der Waals surface area contributed by atoms with Crippen LogP contribution in [-0.4, -0.2) is 39.2 Å². The molecule has 1 aromatic rings. The second-order valence-corrected chi connectivity index (χ2v) is 8.91. The molecule has 0 saturated carbocycles. The van der Waals surface area contributed by atoms with Crippen molar-refractivity contribution in [2.75, 3.05) is 21.3 Å². The highest BCUT2D eigenvalue weighted by atomic mass is 32.2. The standard InChI is InChI=1S/C12H20O4SSi/c1-5-12(18(14-2,15-3)16-4)17(13)11-9-7-6-8-10-11/h6-10,12H,5H2,1-4H3. The Bertz CT molecular complexity index is 373. The molecule has 0 spiro atoms. The molecule has 0 radical (unpaired) electrons. The van der Waals surface area contributed by atoms with Crippen molar-refractivity contribution < 1.29 is 17.5 Å². The molecule has 2 unspecified atom stereocenters. The summed E-state index contributed by atoms with van der Waals surface area (Å²) in [7, 11) is 0.541. The predicted octanol–water partition coefficient (Wildman–Crippen LogP) is 1.99. The molecule has 6 heteroatoms. The number of rotatable bonds is 7. The minimum absolute atomic E-state index is 0.264. The van der Waals surface area contributed by atoms with Crippen molar-refractivity contribution in [3.05, 3.63) is 30.3 Å². The molecule has 0 amide bonds. The highest BCUT2D eigenvalue weighted by Crippen LogP contribution is 2.24. The van der Waals surface area contributed by atoms with E-state index in [1.54, 1.807) is 21.3 Å². The third-order valence-electron chi connectivity index (χ3n) is 2.85. The van der Waals surface area contributed by atoms with E-state index in [-0.39, 0.29) is 4.87 Å². The molecule has 0 aliphatic heterocycles. The van der Waals surface area contributed by atoms with Crippen LogP contribution in [0.2, 0.25) is 0 Å². The molecule has 2 atom stereocenters. The Kier molecular flexibility index (Phi) is 6.17. The van der Waals surface area contributed by atoms with E-state index in [9.17, 15) is 4.21 Å². The van der Waals surface area contributed by atoms with Gasteiger partial charge in [-0.1, -0.05) is 25.1 Å². The zero-order chi connectivity index (χ0) is 13.6. The number of hydrogen-bond acceptors (Lipinski definition) is 4. The summed E-state index contributed by atoms with van der Waals surface area (Å²) in [5.41, 5.74) is 0. The van der Waals surface area contributed by atoms with E-state index in [1.807, 2.05) is 37.3 Å². The van der Waals surface area contributed by atoms with Crippen molar-refractivity contribution in [2.45, 2.75) is 23.1 Å². The lowest BCUT2D eigenvalue weighted by molar-refractivity contribution is 0.120. The first-order valence-electron chi connectivity index (χ1n) is 5.76. The van der Waals surface area contributed by atoms with E-state index < -0.39 is 19.6 Å². The molecule has 1 rings (SSSR count). The Morgan fingerprint density at radius 1 is 1.11 bits per heavy atom. The quantitative estimate of drug-likeness (QED) is 0.720. The van der Waals surface area contributed by atoms with Crippen LogP contribution in [0.15, 0.2) is 35.2 Å². The lowest BCUT2D eigenvalue weighted by Crippen LogP contribution is -2.55. The topological polar surface area (TPSA) is 44.8 Å². The van der Waals surface area contributed by atoms with E-state index in [4.69, 9.17) is 13.3 Å². The van der Waals surface area contributed by atoms with Gasteiger partial charge in [0, 0.05) is 26.2 Å². The van der Waals surface area contributed by atoms with Crippen LogP contribution < -0.4 is 0 Å². The average Bonchev–Trinajstić information content (AvgIpc) is 2.45. The summed E-state index contributed by atoms with van der Waals surface area (Å²) in [6.07, 6.45) is 0.670. The van der Waals surface area contributed by atoms with Crippen molar-refractivity contribution in [3.8, 4) is 0 Å². The Labute approximate surface area is 112 Å². The van der Waals surface area contributed by atoms with E-state index in [2.05, 4.69) is 0 Å². The van der Waals surface area contributed by atoms with Gasteiger partial charge in [-0.05, 0) is 18.6 Å². The zero-order valence-electron chi connectivity index (χ0n) is 11.2. The van der Waals surface area contributed by atoms with E-state index >= 15 is 0 Å². The average molecular weight is 288 g/mol. The first kappa shape index (κ1) is 15.5. The number of hydrogen-bond donors (Lipinski definition) is 0. The molecule has 102 valence electrons. The minimum atomic E-state index is -2.89. The van der Waals surface area contributed by atoms with Crippen molar-refractivity contribution >= 4 is 19.6 Å². The molecule has 0 heterocycles. The lowest BCUT2D eigenvalue weighted by atomic mass is 10.4. The van der Waals surface area contributed by atoms with Crippen molar-refractivity contribution in [1.29, 1.82) is 0 Å². The van der Waals surface area contributed by atoms with Gasteiger partial charge in [-0.2, -0.15) is 0 Å². The van der Waals surface area contributed by atoms with Gasteiger partial charge in [0.1, 0.15) is 4.87 Å². The van der Waals surface area contributed by atoms with Gasteiger partial charge in [0.15, 0.2) is 0 Å². The fraction of sp³-hybridized carbons (Fsp3) is 0.500. The van der Waals surface area contributed by atoms with E-state index in [0.717, 1.165) is 4.90 Å². The molecule has 0 N–H and O–H groups in total. The molecule has 1 aromatic carbocycles. The first-order chi connectivity index (χ1) is 8.65. The summed E-state index contributed by atoms with van der Waals surface area (Å²) in [5.74, 6) is 0. The van der Waals surface area contributed by atoms with Crippen molar-refractivity contribution in [1.82, 2.24) is 0 Å². The third kappa shape index (κ3) is 3.07. The van der Waals surface area contributed by atoms with Crippen LogP contribution in [0.4, 0.5) is 0 Å². The molecule has 0 aliphatic carbocycles. The smallest absolute Gasteiger partial charge is 0.376 e. The molecular weight excluding hydrogens is 268 g/mol. The van der Waals surface area contributed by atoms with Crippen LogP contribution in [0.5, 0.6) is 0 Å². The summed E-state index contributed by atoms with van der Waals surface area (Å²) < 4.78 is 28.9.